The first-order valence-electron chi connectivity index (χ1n) is 10.9. The zero-order chi connectivity index (χ0) is 23.5. The van der Waals surface area contributed by atoms with E-state index >= 15 is 0 Å². The Kier molecular flexibility index (Phi) is 6.46. The van der Waals surface area contributed by atoms with Gasteiger partial charge in [0.1, 0.15) is 22.9 Å². The van der Waals surface area contributed by atoms with Gasteiger partial charge in [-0.25, -0.2) is 9.37 Å². The van der Waals surface area contributed by atoms with Crippen LogP contribution in [-0.2, 0) is 19.9 Å². The number of nitrogens with one attached hydrogen (secondary N) is 1. The van der Waals surface area contributed by atoms with Crippen molar-refractivity contribution in [3.05, 3.63) is 77.8 Å². The van der Waals surface area contributed by atoms with E-state index in [4.69, 9.17) is 10.5 Å². The molecule has 0 saturated carbocycles. The Balaban J connectivity index is 1.61. The Labute approximate surface area is 192 Å². The maximum atomic E-state index is 14.1. The highest BCUT2D eigenvalue weighted by Gasteiger charge is 2.15. The molecule has 3 N–H and O–H groups in total. The highest BCUT2D eigenvalue weighted by molar-refractivity contribution is 5.71. The number of halogens is 1. The van der Waals surface area contributed by atoms with E-state index in [-0.39, 0.29) is 5.82 Å². The van der Waals surface area contributed by atoms with E-state index in [1.165, 1.54) is 12.1 Å². The first-order valence-corrected chi connectivity index (χ1v) is 10.9. The summed E-state index contributed by atoms with van der Waals surface area (Å²) in [5.74, 6) is 0.140. The van der Waals surface area contributed by atoms with Gasteiger partial charge >= 0.3 is 0 Å². The van der Waals surface area contributed by atoms with Crippen molar-refractivity contribution in [2.24, 2.45) is 12.8 Å². The van der Waals surface area contributed by atoms with Crippen molar-refractivity contribution in [2.75, 3.05) is 20.2 Å². The van der Waals surface area contributed by atoms with Crippen molar-refractivity contribution in [3.8, 4) is 16.9 Å². The minimum Gasteiger partial charge on any atom is -0.492 e. The Morgan fingerprint density at radius 2 is 2.06 bits per heavy atom. The van der Waals surface area contributed by atoms with Crippen LogP contribution in [0.1, 0.15) is 22.6 Å². The van der Waals surface area contributed by atoms with Crippen LogP contribution in [0.2, 0.25) is 0 Å². The number of rotatable bonds is 9. The van der Waals surface area contributed by atoms with Gasteiger partial charge in [-0.1, -0.05) is 6.58 Å². The van der Waals surface area contributed by atoms with E-state index in [0.717, 1.165) is 46.7 Å². The molecule has 0 amide bonds. The third-order valence-corrected chi connectivity index (χ3v) is 5.84. The van der Waals surface area contributed by atoms with Gasteiger partial charge in [-0.15, -0.1) is 0 Å². The average molecular weight is 449 g/mol. The lowest BCUT2D eigenvalue weighted by molar-refractivity contribution is 0.321. The molecule has 0 spiro atoms. The van der Waals surface area contributed by atoms with Gasteiger partial charge < -0.3 is 20.2 Å². The second-order valence-electron chi connectivity index (χ2n) is 8.05. The Bertz CT molecular complexity index is 1310. The number of benzene rings is 1. The fraction of sp³-hybridized carbons (Fsp3) is 0.280. The predicted molar refractivity (Wildman–Crippen MR) is 129 cm³/mol. The summed E-state index contributed by atoms with van der Waals surface area (Å²) in [6.45, 7) is 7.01. The number of nitrogens with two attached hydrogens (primary N) is 1. The quantitative estimate of drug-likeness (QED) is 0.410. The van der Waals surface area contributed by atoms with Crippen molar-refractivity contribution in [1.82, 2.24) is 24.5 Å². The number of hydrogen-bond acceptors (Lipinski definition) is 5. The summed E-state index contributed by atoms with van der Waals surface area (Å²) in [5, 5.41) is 7.59. The number of pyridine rings is 1. The van der Waals surface area contributed by atoms with Crippen LogP contribution in [0.5, 0.6) is 5.75 Å². The molecule has 0 aliphatic heterocycles. The molecule has 8 heteroatoms. The Hall–Kier alpha value is -3.65. The molecular formula is C25H29FN6O. The van der Waals surface area contributed by atoms with Gasteiger partial charge in [0.25, 0.3) is 0 Å². The molecule has 4 rings (SSSR count). The lowest BCUT2D eigenvalue weighted by Crippen LogP contribution is -2.11. The van der Waals surface area contributed by atoms with Gasteiger partial charge in [0.2, 0.25) is 0 Å². The van der Waals surface area contributed by atoms with Crippen LogP contribution in [0.4, 0.5) is 4.39 Å². The summed E-state index contributed by atoms with van der Waals surface area (Å²) >= 11 is 0. The Morgan fingerprint density at radius 3 is 2.82 bits per heavy atom. The van der Waals surface area contributed by atoms with Gasteiger partial charge in [-0.05, 0) is 38.2 Å². The molecule has 0 aliphatic rings. The third-order valence-electron chi connectivity index (χ3n) is 5.84. The number of imidazole rings is 1. The maximum Gasteiger partial charge on any atom is 0.136 e. The average Bonchev–Trinajstić information content (AvgIpc) is 3.33. The number of aryl methyl sites for hydroxylation is 1. The topological polar surface area (TPSA) is 82.4 Å². The number of nitrogens with zero attached hydrogens (tertiary/aromatic N) is 4. The van der Waals surface area contributed by atoms with Crippen LogP contribution >= 0.6 is 0 Å². The molecule has 0 atom stereocenters. The van der Waals surface area contributed by atoms with Crippen LogP contribution in [0.25, 0.3) is 22.5 Å². The molecular weight excluding hydrogens is 419 g/mol. The standard InChI is InChI=1S/C25H29FN6O/c1-16(27)25-21(17(2)31(4)30-25)10-12-33-23-13-19(26)6-7-22(23)18-5-8-24-29-14-20(9-11-28-3)32(24)15-18/h5-8,13-15,28H,1,9-12,27H2,2-4H3. The van der Waals surface area contributed by atoms with Crippen LogP contribution in [0.3, 0.4) is 0 Å². The molecule has 33 heavy (non-hydrogen) atoms. The summed E-state index contributed by atoms with van der Waals surface area (Å²) in [4.78, 5) is 4.48. The summed E-state index contributed by atoms with van der Waals surface area (Å²) in [5.41, 5.74) is 12.7. The molecule has 0 aliphatic carbocycles. The minimum atomic E-state index is -0.347. The van der Waals surface area contributed by atoms with E-state index < -0.39 is 0 Å². The van der Waals surface area contributed by atoms with E-state index in [2.05, 4.69) is 26.4 Å². The zero-order valence-electron chi connectivity index (χ0n) is 19.2. The summed E-state index contributed by atoms with van der Waals surface area (Å²) in [6.07, 6.45) is 5.34. The van der Waals surface area contributed by atoms with Gasteiger partial charge in [-0.3, -0.25) is 4.68 Å². The molecule has 172 valence electrons. The second-order valence-corrected chi connectivity index (χ2v) is 8.05. The van der Waals surface area contributed by atoms with E-state index in [9.17, 15) is 4.39 Å². The fourth-order valence-corrected chi connectivity index (χ4v) is 3.95. The largest absolute Gasteiger partial charge is 0.492 e. The van der Waals surface area contributed by atoms with E-state index in [0.29, 0.717) is 30.2 Å². The van der Waals surface area contributed by atoms with Crippen LogP contribution < -0.4 is 15.8 Å². The first-order chi connectivity index (χ1) is 15.9. The minimum absolute atomic E-state index is 0.347. The molecule has 0 unspecified atom stereocenters. The van der Waals surface area contributed by atoms with Crippen molar-refractivity contribution in [3.63, 3.8) is 0 Å². The number of fused-ring (bicyclic) bond motifs is 1. The second kappa shape index (κ2) is 9.46. The Morgan fingerprint density at radius 1 is 1.24 bits per heavy atom. The molecule has 7 nitrogen and oxygen atoms in total. The maximum absolute atomic E-state index is 14.1. The molecule has 3 aromatic heterocycles. The molecule has 4 aromatic rings. The normalized spacial score (nSPS) is 11.3. The van der Waals surface area contributed by atoms with Crippen molar-refractivity contribution in [2.45, 2.75) is 19.8 Å². The lowest BCUT2D eigenvalue weighted by Gasteiger charge is -2.13. The fourth-order valence-electron chi connectivity index (χ4n) is 3.95. The molecule has 0 saturated heterocycles. The van der Waals surface area contributed by atoms with Gasteiger partial charge in [0, 0.05) is 73.0 Å². The number of likely N-dealkylation sites (N-methyl/N-ethyl adjacent to an activating group) is 1. The molecule has 0 radical (unpaired) electrons. The number of aromatic nitrogens is 4. The van der Waals surface area contributed by atoms with E-state index in [1.807, 2.05) is 45.5 Å². The number of ether oxygens (including phenoxy) is 1. The monoisotopic (exact) mass is 448 g/mol. The molecule has 0 bridgehead atoms. The number of hydrogen-bond donors (Lipinski definition) is 2. The van der Waals surface area contributed by atoms with Crippen LogP contribution in [-0.4, -0.2) is 39.4 Å². The highest BCUT2D eigenvalue weighted by atomic mass is 19.1. The van der Waals surface area contributed by atoms with Gasteiger partial charge in [-0.2, -0.15) is 5.10 Å². The lowest BCUT2D eigenvalue weighted by atomic mass is 10.1. The summed E-state index contributed by atoms with van der Waals surface area (Å²) in [7, 11) is 3.80. The highest BCUT2D eigenvalue weighted by Crippen LogP contribution is 2.32. The van der Waals surface area contributed by atoms with Crippen LogP contribution in [0.15, 0.2) is 49.3 Å². The first kappa shape index (κ1) is 22.5. The molecule has 0 fully saturated rings. The van der Waals surface area contributed by atoms with E-state index in [1.54, 1.807) is 10.7 Å². The molecule has 1 aromatic carbocycles. The predicted octanol–water partition coefficient (Wildman–Crippen LogP) is 3.50. The van der Waals surface area contributed by atoms with Gasteiger partial charge in [0.15, 0.2) is 0 Å². The summed E-state index contributed by atoms with van der Waals surface area (Å²) in [6, 6.07) is 8.56. The zero-order valence-corrected chi connectivity index (χ0v) is 19.2. The van der Waals surface area contributed by atoms with Crippen molar-refractivity contribution in [1.29, 1.82) is 0 Å². The van der Waals surface area contributed by atoms with Crippen molar-refractivity contribution >= 4 is 11.3 Å². The third kappa shape index (κ3) is 4.61. The smallest absolute Gasteiger partial charge is 0.136 e. The summed E-state index contributed by atoms with van der Waals surface area (Å²) < 4.78 is 24.0. The SMILES string of the molecule is C=C(N)c1nn(C)c(C)c1CCOc1cc(F)ccc1-c1ccc2ncc(CCNC)n2c1. The van der Waals surface area contributed by atoms with Crippen molar-refractivity contribution < 1.29 is 9.13 Å². The van der Waals surface area contributed by atoms with Gasteiger partial charge in [0.05, 0.1) is 12.3 Å². The molecule has 3 heterocycles. The van der Waals surface area contributed by atoms with Crippen LogP contribution in [0, 0.1) is 12.7 Å².